The highest BCUT2D eigenvalue weighted by Crippen LogP contribution is 2.10. The zero-order chi connectivity index (χ0) is 22.9. The molecule has 1 aromatic rings. The molecule has 0 amide bonds. The summed E-state index contributed by atoms with van der Waals surface area (Å²) in [6.45, 7) is 20.3. The Morgan fingerprint density at radius 2 is 1.93 bits per heavy atom. The zero-order valence-corrected chi connectivity index (χ0v) is 19.4. The van der Waals surface area contributed by atoms with Crippen molar-refractivity contribution >= 4 is 12.5 Å². The molecule has 0 unspecified atom stereocenters. The number of nitrogens with zero attached hydrogens (tertiary/aromatic N) is 2. The van der Waals surface area contributed by atoms with Gasteiger partial charge >= 0.3 is 0 Å². The van der Waals surface area contributed by atoms with E-state index in [4.69, 9.17) is 10.8 Å². The molecule has 0 bridgehead atoms. The van der Waals surface area contributed by atoms with Crippen LogP contribution >= 0.6 is 0 Å². The maximum Gasteiger partial charge on any atom is 0.130 e. The normalized spacial score (nSPS) is 9.90. The molecule has 0 atom stereocenters. The molecule has 0 saturated heterocycles. The molecule has 29 heavy (non-hydrogen) atoms. The van der Waals surface area contributed by atoms with Crippen LogP contribution in [0.2, 0.25) is 0 Å². The van der Waals surface area contributed by atoms with E-state index in [-0.39, 0.29) is 6.61 Å². The van der Waals surface area contributed by atoms with Crippen molar-refractivity contribution in [3.63, 3.8) is 0 Å². The summed E-state index contributed by atoms with van der Waals surface area (Å²) >= 11 is 0. The van der Waals surface area contributed by atoms with E-state index in [2.05, 4.69) is 60.0 Å². The number of aromatic nitrogens is 1. The van der Waals surface area contributed by atoms with E-state index in [1.54, 1.807) is 12.3 Å². The van der Waals surface area contributed by atoms with Crippen LogP contribution in [0.1, 0.15) is 46.6 Å². The summed E-state index contributed by atoms with van der Waals surface area (Å²) in [4.78, 5) is 7.78. The molecule has 0 aliphatic carbocycles. The van der Waals surface area contributed by atoms with E-state index in [0.717, 1.165) is 30.0 Å². The number of rotatable bonds is 10. The second-order valence-corrected chi connectivity index (χ2v) is 5.45. The molecule has 7 nitrogen and oxygen atoms in total. The van der Waals surface area contributed by atoms with Gasteiger partial charge in [0.15, 0.2) is 0 Å². The predicted octanol–water partition coefficient (Wildman–Crippen LogP) is 3.30. The van der Waals surface area contributed by atoms with Gasteiger partial charge in [-0.3, -0.25) is 0 Å². The zero-order valence-electron chi connectivity index (χ0n) is 19.4. The molecule has 1 rings (SSSR count). The summed E-state index contributed by atoms with van der Waals surface area (Å²) in [7, 11) is 1.83. The third-order valence-electron chi connectivity index (χ3n) is 2.97. The van der Waals surface area contributed by atoms with Crippen molar-refractivity contribution < 1.29 is 5.11 Å². The first-order valence-electron chi connectivity index (χ1n) is 10.3. The number of nitrogens with one attached hydrogen (secondary N) is 3. The number of aliphatic imine (C=N–C) groups is 1. The number of aliphatic hydroxyl groups excluding tert-OH is 1. The van der Waals surface area contributed by atoms with Crippen molar-refractivity contribution in [2.75, 3.05) is 38.6 Å². The average molecular weight is 409 g/mol. The van der Waals surface area contributed by atoms with Gasteiger partial charge in [0.25, 0.3) is 0 Å². The molecule has 168 valence electrons. The predicted molar refractivity (Wildman–Crippen MR) is 129 cm³/mol. The minimum atomic E-state index is 0.122. The summed E-state index contributed by atoms with van der Waals surface area (Å²) in [5, 5.41) is 17.9. The Morgan fingerprint density at radius 1 is 1.31 bits per heavy atom. The summed E-state index contributed by atoms with van der Waals surface area (Å²) in [5.74, 6) is 1.28. The van der Waals surface area contributed by atoms with Crippen LogP contribution in [-0.4, -0.2) is 50.1 Å². The lowest BCUT2D eigenvalue weighted by atomic mass is 10.2. The van der Waals surface area contributed by atoms with Crippen LogP contribution < -0.4 is 21.7 Å². The van der Waals surface area contributed by atoms with E-state index in [0.29, 0.717) is 18.9 Å². The van der Waals surface area contributed by atoms with Gasteiger partial charge in [0.05, 0.1) is 6.61 Å². The molecule has 0 radical (unpaired) electrons. The van der Waals surface area contributed by atoms with Crippen molar-refractivity contribution in [1.82, 2.24) is 15.6 Å². The Bertz CT molecular complexity index is 505. The van der Waals surface area contributed by atoms with E-state index >= 15 is 0 Å². The summed E-state index contributed by atoms with van der Waals surface area (Å²) in [6.07, 6.45) is 4.66. The molecule has 0 saturated carbocycles. The first kappa shape index (κ1) is 31.5. The maximum absolute atomic E-state index is 8.69. The van der Waals surface area contributed by atoms with Crippen LogP contribution in [0.5, 0.6) is 0 Å². The highest BCUT2D eigenvalue weighted by atomic mass is 16.3. The number of pyridine rings is 1. The SMILES string of the molecule is C=C/C(CNC)=C(/N)N=C.CC.CCC.CCNCc1cccnc1NCCO. The molecule has 7 heteroatoms. The molecule has 0 aliphatic heterocycles. The second-order valence-electron chi connectivity index (χ2n) is 5.45. The fraction of sp³-hybridized carbons (Fsp3) is 0.545. The van der Waals surface area contributed by atoms with Crippen molar-refractivity contribution in [3.05, 3.63) is 47.9 Å². The quantitative estimate of drug-likeness (QED) is 0.300. The van der Waals surface area contributed by atoms with Crippen LogP contribution in [0.25, 0.3) is 0 Å². The lowest BCUT2D eigenvalue weighted by molar-refractivity contribution is 0.311. The summed E-state index contributed by atoms with van der Waals surface area (Å²) in [5.41, 5.74) is 7.45. The smallest absolute Gasteiger partial charge is 0.130 e. The number of nitrogens with two attached hydrogens (primary N) is 1. The van der Waals surface area contributed by atoms with Crippen LogP contribution in [0.15, 0.2) is 47.4 Å². The summed E-state index contributed by atoms with van der Waals surface area (Å²) < 4.78 is 0. The van der Waals surface area contributed by atoms with Gasteiger partial charge in [-0.1, -0.05) is 59.8 Å². The van der Waals surface area contributed by atoms with Gasteiger partial charge in [0.1, 0.15) is 11.6 Å². The first-order valence-corrected chi connectivity index (χ1v) is 10.3. The molecule has 1 aromatic heterocycles. The molecular formula is C22H44N6O. The fourth-order valence-corrected chi connectivity index (χ4v) is 1.73. The van der Waals surface area contributed by atoms with E-state index in [1.165, 1.54) is 6.42 Å². The van der Waals surface area contributed by atoms with Crippen molar-refractivity contribution in [2.45, 2.75) is 47.6 Å². The van der Waals surface area contributed by atoms with Gasteiger partial charge in [0.2, 0.25) is 0 Å². The standard InChI is InChI=1S/C10H17N3O.C7H13N3.C3H8.C2H6/c1-2-11-8-9-4-3-5-12-10(9)13-6-7-14;1-4-6(5-9-2)7(8)10-3;1-3-2;1-2/h3-5,11,14H,2,6-8H2,1H3,(H,12,13);4,9H,1,3,5,8H2,2H3;3H2,1-2H3;1-2H3/b;7-6+;;. The van der Waals surface area contributed by atoms with Crippen LogP contribution in [0.4, 0.5) is 5.82 Å². The largest absolute Gasteiger partial charge is 0.395 e. The van der Waals surface area contributed by atoms with Gasteiger partial charge in [-0.2, -0.15) is 0 Å². The van der Waals surface area contributed by atoms with Crippen molar-refractivity contribution in [1.29, 1.82) is 0 Å². The number of anilines is 1. The fourth-order valence-electron chi connectivity index (χ4n) is 1.73. The Balaban J connectivity index is -0.000000395. The van der Waals surface area contributed by atoms with Crippen molar-refractivity contribution in [2.24, 2.45) is 10.7 Å². The maximum atomic E-state index is 8.69. The number of likely N-dealkylation sites (N-methyl/N-ethyl adjacent to an activating group) is 1. The average Bonchev–Trinajstić information content (AvgIpc) is 2.77. The molecule has 6 N–H and O–H groups in total. The molecule has 0 fully saturated rings. The van der Waals surface area contributed by atoms with Gasteiger partial charge in [-0.25, -0.2) is 9.98 Å². The lowest BCUT2D eigenvalue weighted by Crippen LogP contribution is -2.15. The molecule has 0 aliphatic rings. The molecule has 1 heterocycles. The van der Waals surface area contributed by atoms with Gasteiger partial charge in [-0.15, -0.1) is 0 Å². The third kappa shape index (κ3) is 18.9. The van der Waals surface area contributed by atoms with E-state index < -0.39 is 0 Å². The lowest BCUT2D eigenvalue weighted by Gasteiger charge is -2.09. The van der Waals surface area contributed by atoms with Crippen molar-refractivity contribution in [3.8, 4) is 0 Å². The Labute approximate surface area is 178 Å². The number of aliphatic hydroxyl groups is 1. The van der Waals surface area contributed by atoms with Crippen LogP contribution in [-0.2, 0) is 6.54 Å². The van der Waals surface area contributed by atoms with E-state index in [9.17, 15) is 0 Å². The topological polar surface area (TPSA) is 108 Å². The van der Waals surface area contributed by atoms with Gasteiger partial charge < -0.3 is 26.8 Å². The first-order chi connectivity index (χ1) is 14.1. The Morgan fingerprint density at radius 3 is 2.38 bits per heavy atom. The Kier molecular flexibility index (Phi) is 28.0. The molecule has 0 aromatic carbocycles. The van der Waals surface area contributed by atoms with E-state index in [1.807, 2.05) is 33.0 Å². The second kappa shape index (κ2) is 25.8. The van der Waals surface area contributed by atoms with Gasteiger partial charge in [-0.05, 0) is 26.4 Å². The molecular weight excluding hydrogens is 364 g/mol. The van der Waals surface area contributed by atoms with Gasteiger partial charge in [0, 0.05) is 37.0 Å². The highest BCUT2D eigenvalue weighted by Gasteiger charge is 2.00. The molecule has 0 spiro atoms. The van der Waals surface area contributed by atoms with Crippen LogP contribution in [0, 0.1) is 0 Å². The highest BCUT2D eigenvalue weighted by molar-refractivity contribution is 5.43. The van der Waals surface area contributed by atoms with Crippen LogP contribution in [0.3, 0.4) is 0 Å². The number of hydrogen-bond donors (Lipinski definition) is 5. The third-order valence-corrected chi connectivity index (χ3v) is 2.97. The monoisotopic (exact) mass is 408 g/mol. The summed E-state index contributed by atoms with van der Waals surface area (Å²) in [6, 6.07) is 3.94. The minimum Gasteiger partial charge on any atom is -0.395 e. The number of hydrogen-bond acceptors (Lipinski definition) is 7. The Hall–Kier alpha value is -2.22. The minimum absolute atomic E-state index is 0.122.